The molecule has 0 bridgehead atoms. The molecule has 0 aromatic carbocycles. The smallest absolute Gasteiger partial charge is 0.0794 e. The van der Waals surface area contributed by atoms with Gasteiger partial charge >= 0.3 is 0 Å². The van der Waals surface area contributed by atoms with Crippen molar-refractivity contribution < 1.29 is 4.74 Å². The SMILES string of the molecule is CC1OCCC1(CNC(C)(C)C)Cc1cscn1. The van der Waals surface area contributed by atoms with Crippen LogP contribution >= 0.6 is 11.3 Å². The van der Waals surface area contributed by atoms with Gasteiger partial charge in [-0.3, -0.25) is 0 Å². The van der Waals surface area contributed by atoms with Crippen LogP contribution in [-0.4, -0.2) is 29.8 Å². The van der Waals surface area contributed by atoms with Gasteiger partial charge in [0.2, 0.25) is 0 Å². The molecule has 0 spiro atoms. The Kier molecular flexibility index (Phi) is 4.09. The fourth-order valence-electron chi connectivity index (χ4n) is 2.47. The summed E-state index contributed by atoms with van der Waals surface area (Å²) in [5.74, 6) is 0. The van der Waals surface area contributed by atoms with E-state index in [-0.39, 0.29) is 11.0 Å². The molecule has 0 amide bonds. The second kappa shape index (κ2) is 5.27. The lowest BCUT2D eigenvalue weighted by molar-refractivity contribution is 0.0593. The van der Waals surface area contributed by atoms with E-state index in [9.17, 15) is 0 Å². The maximum atomic E-state index is 5.82. The van der Waals surface area contributed by atoms with Crippen LogP contribution in [0.2, 0.25) is 0 Å². The van der Waals surface area contributed by atoms with Crippen molar-refractivity contribution in [3.05, 3.63) is 16.6 Å². The summed E-state index contributed by atoms with van der Waals surface area (Å²) in [6, 6.07) is 0. The van der Waals surface area contributed by atoms with Gasteiger partial charge in [0.15, 0.2) is 0 Å². The van der Waals surface area contributed by atoms with Gasteiger partial charge in [0.05, 0.1) is 17.3 Å². The summed E-state index contributed by atoms with van der Waals surface area (Å²) in [7, 11) is 0. The maximum absolute atomic E-state index is 5.82. The number of rotatable bonds is 4. The van der Waals surface area contributed by atoms with Crippen molar-refractivity contribution in [3.63, 3.8) is 0 Å². The first-order chi connectivity index (χ1) is 8.41. The molecule has 1 saturated heterocycles. The molecule has 1 aliphatic heterocycles. The Morgan fingerprint density at radius 1 is 1.56 bits per heavy atom. The zero-order valence-corrected chi connectivity index (χ0v) is 12.6. The zero-order valence-electron chi connectivity index (χ0n) is 11.8. The van der Waals surface area contributed by atoms with Gasteiger partial charge in [0, 0.05) is 29.5 Å². The standard InChI is InChI=1S/C14H24N2OS/c1-11-14(5-6-17-11,9-16-13(2,3)4)7-12-8-18-10-15-12/h8,10-11,16H,5-7,9H2,1-4H3. The van der Waals surface area contributed by atoms with Gasteiger partial charge in [-0.1, -0.05) is 0 Å². The molecule has 0 saturated carbocycles. The van der Waals surface area contributed by atoms with Crippen molar-refractivity contribution in [2.75, 3.05) is 13.2 Å². The summed E-state index contributed by atoms with van der Waals surface area (Å²) in [6.45, 7) is 10.7. The molecule has 2 atom stereocenters. The molecule has 0 aliphatic carbocycles. The third-order valence-corrected chi connectivity index (χ3v) is 4.45. The molecule has 1 aliphatic rings. The van der Waals surface area contributed by atoms with Crippen molar-refractivity contribution >= 4 is 11.3 Å². The second-order valence-electron chi connectivity index (χ2n) is 6.39. The molecule has 1 aromatic rings. The van der Waals surface area contributed by atoms with E-state index < -0.39 is 0 Å². The lowest BCUT2D eigenvalue weighted by atomic mass is 9.77. The van der Waals surface area contributed by atoms with Crippen LogP contribution < -0.4 is 5.32 Å². The predicted octanol–water partition coefficient (Wildman–Crippen LogP) is 2.87. The van der Waals surface area contributed by atoms with Crippen molar-refractivity contribution in [2.24, 2.45) is 5.41 Å². The molecule has 0 radical (unpaired) electrons. The third kappa shape index (κ3) is 3.31. The number of nitrogens with zero attached hydrogens (tertiary/aromatic N) is 1. The summed E-state index contributed by atoms with van der Waals surface area (Å²) in [5.41, 5.74) is 3.47. The average molecular weight is 268 g/mol. The predicted molar refractivity (Wildman–Crippen MR) is 76.0 cm³/mol. The molecule has 1 fully saturated rings. The molecule has 1 N–H and O–H groups in total. The number of aromatic nitrogens is 1. The number of thiazole rings is 1. The Balaban J connectivity index is 2.08. The number of hydrogen-bond acceptors (Lipinski definition) is 4. The molecular weight excluding hydrogens is 244 g/mol. The summed E-state index contributed by atoms with van der Waals surface area (Å²) < 4.78 is 5.82. The molecule has 102 valence electrons. The summed E-state index contributed by atoms with van der Waals surface area (Å²) >= 11 is 1.67. The van der Waals surface area contributed by atoms with Crippen LogP contribution in [0.4, 0.5) is 0 Å². The minimum Gasteiger partial charge on any atom is -0.378 e. The summed E-state index contributed by atoms with van der Waals surface area (Å²) in [4.78, 5) is 4.44. The molecule has 2 unspecified atom stereocenters. The largest absolute Gasteiger partial charge is 0.378 e. The Morgan fingerprint density at radius 2 is 2.33 bits per heavy atom. The van der Waals surface area contributed by atoms with E-state index in [1.807, 2.05) is 5.51 Å². The van der Waals surface area contributed by atoms with Gasteiger partial charge in [0.1, 0.15) is 0 Å². The Bertz CT molecular complexity index is 372. The quantitative estimate of drug-likeness (QED) is 0.912. The van der Waals surface area contributed by atoms with Crippen molar-refractivity contribution in [3.8, 4) is 0 Å². The molecular formula is C14H24N2OS. The molecule has 1 aromatic heterocycles. The van der Waals surface area contributed by atoms with Gasteiger partial charge in [-0.15, -0.1) is 11.3 Å². The molecule has 2 heterocycles. The second-order valence-corrected chi connectivity index (χ2v) is 7.10. The maximum Gasteiger partial charge on any atom is 0.0794 e. The Morgan fingerprint density at radius 3 is 2.83 bits per heavy atom. The third-order valence-electron chi connectivity index (χ3n) is 3.82. The van der Waals surface area contributed by atoms with Crippen molar-refractivity contribution in [1.29, 1.82) is 0 Å². The van der Waals surface area contributed by atoms with Crippen molar-refractivity contribution in [2.45, 2.75) is 52.2 Å². The van der Waals surface area contributed by atoms with Crippen molar-refractivity contribution in [1.82, 2.24) is 10.3 Å². The van der Waals surface area contributed by atoms with Crippen LogP contribution in [-0.2, 0) is 11.2 Å². The fraction of sp³-hybridized carbons (Fsp3) is 0.786. The Hall–Kier alpha value is -0.450. The van der Waals surface area contributed by atoms with E-state index in [1.165, 1.54) is 5.69 Å². The number of ether oxygens (including phenoxy) is 1. The van der Waals surface area contributed by atoms with Gasteiger partial charge in [-0.05, 0) is 40.5 Å². The lowest BCUT2D eigenvalue weighted by Crippen LogP contribution is -2.47. The molecule has 18 heavy (non-hydrogen) atoms. The first kappa shape index (κ1) is 14.0. The van der Waals surface area contributed by atoms with Crippen LogP contribution in [0.3, 0.4) is 0 Å². The van der Waals surface area contributed by atoms with Crippen LogP contribution in [0.25, 0.3) is 0 Å². The van der Waals surface area contributed by atoms with E-state index in [4.69, 9.17) is 4.74 Å². The molecule has 4 heteroatoms. The number of nitrogens with one attached hydrogen (secondary N) is 1. The van der Waals surface area contributed by atoms with E-state index in [0.29, 0.717) is 6.10 Å². The van der Waals surface area contributed by atoms with E-state index >= 15 is 0 Å². The summed E-state index contributed by atoms with van der Waals surface area (Å²) in [5, 5.41) is 5.80. The van der Waals surface area contributed by atoms with Crippen LogP contribution in [0.5, 0.6) is 0 Å². The average Bonchev–Trinajstić information content (AvgIpc) is 2.87. The van der Waals surface area contributed by atoms with E-state index in [0.717, 1.165) is 26.0 Å². The molecule has 2 rings (SSSR count). The van der Waals surface area contributed by atoms with Gasteiger partial charge in [0.25, 0.3) is 0 Å². The highest BCUT2D eigenvalue weighted by atomic mass is 32.1. The number of hydrogen-bond donors (Lipinski definition) is 1. The lowest BCUT2D eigenvalue weighted by Gasteiger charge is -2.35. The van der Waals surface area contributed by atoms with Gasteiger partial charge in [-0.2, -0.15) is 0 Å². The van der Waals surface area contributed by atoms with Gasteiger partial charge in [-0.25, -0.2) is 4.98 Å². The minimum absolute atomic E-state index is 0.150. The first-order valence-electron chi connectivity index (χ1n) is 6.65. The highest BCUT2D eigenvalue weighted by Crippen LogP contribution is 2.38. The molecule has 3 nitrogen and oxygen atoms in total. The zero-order chi connectivity index (χ0) is 13.2. The topological polar surface area (TPSA) is 34.1 Å². The van der Waals surface area contributed by atoms with E-state index in [2.05, 4.69) is 43.4 Å². The highest BCUT2D eigenvalue weighted by Gasteiger charge is 2.42. The fourth-order valence-corrected chi connectivity index (χ4v) is 3.03. The summed E-state index contributed by atoms with van der Waals surface area (Å²) in [6.07, 6.45) is 2.43. The minimum atomic E-state index is 0.150. The van der Waals surface area contributed by atoms with E-state index in [1.54, 1.807) is 11.3 Å². The Labute approximate surface area is 114 Å². The highest BCUT2D eigenvalue weighted by molar-refractivity contribution is 7.07. The van der Waals surface area contributed by atoms with Gasteiger partial charge < -0.3 is 10.1 Å². The van der Waals surface area contributed by atoms with Crippen LogP contribution in [0.1, 0.15) is 39.8 Å². The monoisotopic (exact) mass is 268 g/mol. The van der Waals surface area contributed by atoms with Crippen LogP contribution in [0, 0.1) is 5.41 Å². The first-order valence-corrected chi connectivity index (χ1v) is 7.59. The van der Waals surface area contributed by atoms with Crippen LogP contribution in [0.15, 0.2) is 10.9 Å². The normalized spacial score (nSPS) is 28.8.